The van der Waals surface area contributed by atoms with Crippen molar-refractivity contribution < 1.29 is 0 Å². The van der Waals surface area contributed by atoms with Crippen LogP contribution in [0.15, 0.2) is 85.1 Å². The molecule has 0 aliphatic rings. The third-order valence-corrected chi connectivity index (χ3v) is 10.9. The summed E-state index contributed by atoms with van der Waals surface area (Å²) >= 11 is 2.57. The third-order valence-electron chi connectivity index (χ3n) is 2.84. The maximum Gasteiger partial charge on any atom is 0.101 e. The molecule has 110 valence electrons. The Balaban J connectivity index is 0.000000188. The Morgan fingerprint density at radius 1 is 0.773 bits per heavy atom. The van der Waals surface area contributed by atoms with Crippen LogP contribution in [-0.4, -0.2) is 23.4 Å². The van der Waals surface area contributed by atoms with E-state index in [1.165, 1.54) is 13.4 Å². The normalized spacial score (nSPS) is 9.50. The number of nitrogens with zero attached hydrogens (tertiary/aromatic N) is 1. The largest absolute Gasteiger partial charge is 0.805 e. The zero-order valence-corrected chi connectivity index (χ0v) is 16.2. The van der Waals surface area contributed by atoms with Gasteiger partial charge in [-0.1, -0.05) is 18.3 Å². The van der Waals surface area contributed by atoms with E-state index in [1.54, 1.807) is 18.2 Å². The van der Waals surface area contributed by atoms with Gasteiger partial charge in [0.2, 0.25) is 0 Å². The molecule has 0 radical (unpaired) electrons. The zero-order chi connectivity index (χ0) is 15.8. The van der Waals surface area contributed by atoms with Crippen molar-refractivity contribution in [1.29, 1.82) is 0 Å². The Hall–Kier alpha value is -1.30. The number of halogens is 1. The quantitative estimate of drug-likeness (QED) is 0.456. The van der Waals surface area contributed by atoms with Crippen LogP contribution in [0.5, 0.6) is 0 Å². The molecule has 0 fully saturated rings. The summed E-state index contributed by atoms with van der Waals surface area (Å²) in [7, 11) is 6.53. The molecule has 0 amide bonds. The summed E-state index contributed by atoms with van der Waals surface area (Å²) in [4.78, 5) is 0. The molecular weight excluding hydrogens is 420 g/mol. The zero-order valence-electron chi connectivity index (χ0n) is 11.7. The van der Waals surface area contributed by atoms with Gasteiger partial charge in [0.05, 0.1) is 0 Å². The van der Waals surface area contributed by atoms with Crippen molar-refractivity contribution in [2.24, 2.45) is 0 Å². The maximum absolute atomic E-state index is 10.4. The predicted molar refractivity (Wildman–Crippen MR) is 97.8 cm³/mol. The third kappa shape index (κ3) is 5.16. The van der Waals surface area contributed by atoms with Crippen LogP contribution >= 0.6 is 21.1 Å². The Kier molecular flexibility index (Phi) is 6.96. The molecule has 3 rings (SSSR count). The smallest absolute Gasteiger partial charge is 0.101 e. The number of hydrogen-bond donors (Lipinski definition) is 0. The number of benzene rings is 2. The van der Waals surface area contributed by atoms with Gasteiger partial charge in [-0.15, -0.1) is 0 Å². The van der Waals surface area contributed by atoms with Crippen molar-refractivity contribution in [3.05, 3.63) is 94.9 Å². The Morgan fingerprint density at radius 2 is 1.23 bits per heavy atom. The van der Waals surface area contributed by atoms with Gasteiger partial charge in [0.25, 0.3) is 0 Å². The molecule has 0 bridgehead atoms. The van der Waals surface area contributed by atoms with Crippen LogP contribution in [0, 0.1) is 9.85 Å². The number of pyridine rings is 1. The molecule has 0 spiro atoms. The van der Waals surface area contributed by atoms with Gasteiger partial charge in [0.15, 0.2) is 0 Å². The van der Waals surface area contributed by atoms with Gasteiger partial charge in [-0.05, 0) is 18.3 Å². The van der Waals surface area contributed by atoms with Crippen LogP contribution in [0.4, 0.5) is 0 Å². The molecule has 1 heterocycles. The molecule has 0 saturated heterocycles. The molecule has 5 heteroatoms. The Bertz CT molecular complexity index is 710. The first-order chi connectivity index (χ1) is 10.7. The summed E-state index contributed by atoms with van der Waals surface area (Å²) in [5.41, 5.74) is 0. The minimum Gasteiger partial charge on any atom is -0.805 e. The van der Waals surface area contributed by atoms with Crippen molar-refractivity contribution >= 4 is 46.9 Å². The molecule has 3 aromatic rings. The van der Waals surface area contributed by atoms with Crippen LogP contribution in [0.1, 0.15) is 0 Å². The minimum absolute atomic E-state index is 0.313. The SMILES string of the molecule is [Cl][Sn+]([c]1ccccc1)[c]1ccccc1.[O-]n1ccccc1=S. The summed E-state index contributed by atoms with van der Waals surface area (Å²) in [5.74, 6) is 0. The number of rotatable bonds is 2. The number of hydrogen-bond acceptors (Lipinski definition) is 2. The van der Waals surface area contributed by atoms with Crippen LogP contribution in [-0.2, 0) is 0 Å². The van der Waals surface area contributed by atoms with Crippen LogP contribution in [0.2, 0.25) is 0 Å². The van der Waals surface area contributed by atoms with Crippen LogP contribution in [0.25, 0.3) is 0 Å². The van der Waals surface area contributed by atoms with Gasteiger partial charge in [-0.3, -0.25) is 0 Å². The summed E-state index contributed by atoms with van der Waals surface area (Å²) in [6.07, 6.45) is 1.38. The topological polar surface area (TPSA) is 28.0 Å². The molecule has 1 aromatic heterocycles. The monoisotopic (exact) mass is 435 g/mol. The van der Waals surface area contributed by atoms with Crippen LogP contribution in [0.3, 0.4) is 0 Å². The second-order valence-electron chi connectivity index (χ2n) is 4.41. The van der Waals surface area contributed by atoms with E-state index in [2.05, 4.69) is 60.7 Å². The van der Waals surface area contributed by atoms with Crippen LogP contribution < -0.4 is 7.16 Å². The molecular formula is C17H14ClNOSSn. The molecule has 22 heavy (non-hydrogen) atoms. The summed E-state index contributed by atoms with van der Waals surface area (Å²) in [5, 5.41) is 10.4. The fourth-order valence-corrected chi connectivity index (χ4v) is 7.30. The second kappa shape index (κ2) is 8.98. The molecule has 0 saturated carbocycles. The second-order valence-corrected chi connectivity index (χ2v) is 12.5. The van der Waals surface area contributed by atoms with Gasteiger partial charge in [-0.25, -0.2) is 0 Å². The van der Waals surface area contributed by atoms with Crippen molar-refractivity contribution in [3.63, 3.8) is 0 Å². The maximum atomic E-state index is 10.4. The van der Waals surface area contributed by atoms with Gasteiger partial charge in [-0.2, -0.15) is 0 Å². The van der Waals surface area contributed by atoms with E-state index in [1.807, 2.05) is 12.1 Å². The Morgan fingerprint density at radius 3 is 1.59 bits per heavy atom. The first-order valence-corrected chi connectivity index (χ1v) is 13.5. The summed E-state index contributed by atoms with van der Waals surface area (Å²) in [6, 6.07) is 25.8. The first-order valence-electron chi connectivity index (χ1n) is 6.67. The fraction of sp³-hybridized carbons (Fsp3) is 0. The van der Waals surface area contributed by atoms with Crippen molar-refractivity contribution in [1.82, 2.24) is 4.73 Å². The molecule has 0 unspecified atom stereocenters. The van der Waals surface area contributed by atoms with E-state index in [-0.39, 0.29) is 0 Å². The van der Waals surface area contributed by atoms with Crippen molar-refractivity contribution in [2.75, 3.05) is 0 Å². The van der Waals surface area contributed by atoms with E-state index in [0.29, 0.717) is 9.37 Å². The van der Waals surface area contributed by atoms with E-state index < -0.39 is 18.6 Å². The van der Waals surface area contributed by atoms with Gasteiger partial charge in [0.1, 0.15) is 4.64 Å². The molecule has 2 nitrogen and oxygen atoms in total. The van der Waals surface area contributed by atoms with Gasteiger partial charge >= 0.3 is 95.4 Å². The van der Waals surface area contributed by atoms with Crippen molar-refractivity contribution in [3.8, 4) is 0 Å². The molecule has 0 aliphatic carbocycles. The van der Waals surface area contributed by atoms with Gasteiger partial charge < -0.3 is 9.94 Å². The summed E-state index contributed by atoms with van der Waals surface area (Å²) < 4.78 is 3.63. The average molecular weight is 435 g/mol. The predicted octanol–water partition coefficient (Wildman–Crippen LogP) is 3.59. The molecule has 2 aromatic carbocycles. The van der Waals surface area contributed by atoms with Crippen molar-refractivity contribution in [2.45, 2.75) is 0 Å². The Labute approximate surface area is 146 Å². The minimum atomic E-state index is -2.03. The standard InChI is InChI=1S/2C6H5.C5H4NOS.ClH.Sn/c2*1-2-4-6-5-3-1;7-6-4-2-1-3-5(6)8;;/h2*1-5H;1-4H;1H;/q;;-1;;+2/p-1. The van der Waals surface area contributed by atoms with E-state index in [4.69, 9.17) is 8.92 Å². The fourth-order valence-electron chi connectivity index (χ4n) is 1.75. The van der Waals surface area contributed by atoms with Gasteiger partial charge in [0, 0.05) is 0 Å². The first kappa shape index (κ1) is 17.1. The van der Waals surface area contributed by atoms with E-state index >= 15 is 0 Å². The molecule has 0 aliphatic heterocycles. The molecule has 0 N–H and O–H groups in total. The summed E-state index contributed by atoms with van der Waals surface area (Å²) in [6.45, 7) is 0. The van der Waals surface area contributed by atoms with E-state index in [9.17, 15) is 5.21 Å². The average Bonchev–Trinajstić information content (AvgIpc) is 2.59. The molecule has 0 atom stereocenters. The van der Waals surface area contributed by atoms with E-state index in [0.717, 1.165) is 0 Å². The number of aromatic nitrogens is 1.